The van der Waals surface area contributed by atoms with E-state index in [0.717, 1.165) is 24.3 Å². The predicted molar refractivity (Wildman–Crippen MR) is 66.5 cm³/mol. The molecule has 0 aromatic heterocycles. The maximum absolute atomic E-state index is 13.0. The number of aliphatic carboxylic acids is 1. The summed E-state index contributed by atoms with van der Waals surface area (Å²) in [5, 5.41) is 8.40. The maximum Gasteiger partial charge on any atom is 0.428 e. The monoisotopic (exact) mass is 380 g/mol. The average Bonchev–Trinajstić information content (AvgIpc) is 2.34. The van der Waals surface area contributed by atoms with E-state index in [4.69, 9.17) is 5.11 Å². The highest BCUT2D eigenvalue weighted by atomic mass is 32.2. The molecule has 0 heterocycles. The molecule has 1 rings (SSSR count). The molecule has 0 unspecified atom stereocenters. The van der Waals surface area contributed by atoms with Gasteiger partial charge in [-0.2, -0.15) is 34.8 Å². The zero-order valence-electron chi connectivity index (χ0n) is 11.8. The van der Waals surface area contributed by atoms with E-state index in [1.165, 1.54) is 6.92 Å². The molecular formula is C12H10F6O5S. The van der Waals surface area contributed by atoms with E-state index >= 15 is 0 Å². The number of hydrogen-bond acceptors (Lipinski definition) is 4. The van der Waals surface area contributed by atoms with Gasteiger partial charge in [-0.25, -0.2) is 4.18 Å². The van der Waals surface area contributed by atoms with E-state index in [1.54, 1.807) is 0 Å². The van der Waals surface area contributed by atoms with E-state index < -0.39 is 45.4 Å². The molecule has 12 heteroatoms. The molecule has 0 aliphatic carbocycles. The molecule has 24 heavy (non-hydrogen) atoms. The normalized spacial score (nSPS) is 13.8. The minimum Gasteiger partial charge on any atom is -0.481 e. The van der Waals surface area contributed by atoms with Crippen molar-refractivity contribution in [2.75, 3.05) is 0 Å². The first-order valence-corrected chi connectivity index (χ1v) is 7.41. The van der Waals surface area contributed by atoms with Crippen LogP contribution in [0.4, 0.5) is 26.3 Å². The van der Waals surface area contributed by atoms with Crippen molar-refractivity contribution in [1.82, 2.24) is 0 Å². The Labute approximate surface area is 132 Å². The average molecular weight is 380 g/mol. The van der Waals surface area contributed by atoms with Gasteiger partial charge in [0.1, 0.15) is 0 Å². The van der Waals surface area contributed by atoms with E-state index in [2.05, 4.69) is 4.18 Å². The molecular weight excluding hydrogens is 370 g/mol. The number of carbonyl (C=O) groups is 1. The Morgan fingerprint density at radius 2 is 1.46 bits per heavy atom. The van der Waals surface area contributed by atoms with Crippen molar-refractivity contribution in [3.63, 3.8) is 0 Å². The van der Waals surface area contributed by atoms with Gasteiger partial charge >= 0.3 is 18.3 Å². The quantitative estimate of drug-likeness (QED) is 0.627. The fraction of sp³-hybridized carbons (Fsp3) is 0.417. The molecule has 0 spiro atoms. The first-order valence-electron chi connectivity index (χ1n) is 6.00. The third-order valence-electron chi connectivity index (χ3n) is 2.88. The molecule has 0 radical (unpaired) electrons. The number of benzene rings is 1. The van der Waals surface area contributed by atoms with Crippen molar-refractivity contribution in [1.29, 1.82) is 0 Å². The molecule has 0 saturated heterocycles. The number of rotatable bonds is 5. The van der Waals surface area contributed by atoms with Crippen LogP contribution < -0.4 is 0 Å². The van der Waals surface area contributed by atoms with Crippen molar-refractivity contribution in [2.24, 2.45) is 0 Å². The van der Waals surface area contributed by atoms with E-state index in [9.17, 15) is 39.6 Å². The molecule has 0 bridgehead atoms. The van der Waals surface area contributed by atoms with E-state index in [1.807, 2.05) is 0 Å². The number of alkyl halides is 6. The van der Waals surface area contributed by atoms with Gasteiger partial charge < -0.3 is 5.11 Å². The summed E-state index contributed by atoms with van der Waals surface area (Å²) in [6, 6.07) is 3.72. The second-order valence-electron chi connectivity index (χ2n) is 4.74. The number of carboxylic acids is 1. The molecule has 1 aromatic rings. The lowest BCUT2D eigenvalue weighted by Crippen LogP contribution is -2.60. The Kier molecular flexibility index (Phi) is 5.26. The van der Waals surface area contributed by atoms with Crippen LogP contribution in [-0.4, -0.2) is 37.4 Å². The summed E-state index contributed by atoms with van der Waals surface area (Å²) >= 11 is 0. The first kappa shape index (κ1) is 20.2. The summed E-state index contributed by atoms with van der Waals surface area (Å²) in [7, 11) is -5.55. The zero-order chi connectivity index (χ0) is 19.0. The highest BCUT2D eigenvalue weighted by molar-refractivity contribution is 7.86. The first-order chi connectivity index (χ1) is 10.6. The maximum atomic E-state index is 13.0. The van der Waals surface area contributed by atoms with Crippen LogP contribution in [0.15, 0.2) is 29.2 Å². The molecule has 136 valence electrons. The summed E-state index contributed by atoms with van der Waals surface area (Å²) in [5.41, 5.74) is -4.92. The molecule has 0 amide bonds. The molecule has 0 atom stereocenters. The van der Waals surface area contributed by atoms with Gasteiger partial charge in [0, 0.05) is 0 Å². The second kappa shape index (κ2) is 6.24. The standard InChI is InChI=1S/C12H10F6O5S/c1-7-2-4-8(5-3-7)24(21,22)23-10(6-9(19)20,11(13,14)15)12(16,17)18/h2-5H,6H2,1H3,(H,19,20). The van der Waals surface area contributed by atoms with Gasteiger partial charge in [0.2, 0.25) is 0 Å². The Morgan fingerprint density at radius 3 is 1.79 bits per heavy atom. The Hall–Kier alpha value is -1.82. The Bertz CT molecular complexity index is 691. The van der Waals surface area contributed by atoms with Crippen LogP contribution in [0, 0.1) is 6.92 Å². The van der Waals surface area contributed by atoms with Gasteiger partial charge in [-0.05, 0) is 19.1 Å². The largest absolute Gasteiger partial charge is 0.481 e. The lowest BCUT2D eigenvalue weighted by Gasteiger charge is -2.34. The van der Waals surface area contributed by atoms with Crippen LogP contribution in [0.5, 0.6) is 0 Å². The fourth-order valence-electron chi connectivity index (χ4n) is 1.64. The Morgan fingerprint density at radius 1 is 1.04 bits per heavy atom. The summed E-state index contributed by atoms with van der Waals surface area (Å²) in [4.78, 5) is 9.52. The highest BCUT2D eigenvalue weighted by Gasteiger charge is 2.75. The lowest BCUT2D eigenvalue weighted by atomic mass is 9.98. The molecule has 0 fully saturated rings. The van der Waals surface area contributed by atoms with Gasteiger partial charge in [0.05, 0.1) is 11.3 Å². The summed E-state index contributed by atoms with van der Waals surface area (Å²) in [6.45, 7) is 1.50. The van der Waals surface area contributed by atoms with Crippen molar-refractivity contribution in [3.8, 4) is 0 Å². The summed E-state index contributed by atoms with van der Waals surface area (Å²) in [6.07, 6.45) is -15.4. The van der Waals surface area contributed by atoms with Crippen LogP contribution >= 0.6 is 0 Å². The minimum absolute atomic E-state index is 0.484. The molecule has 0 aliphatic heterocycles. The molecule has 1 N–H and O–H groups in total. The summed E-state index contributed by atoms with van der Waals surface area (Å²) in [5.74, 6) is -2.54. The van der Waals surface area contributed by atoms with E-state index in [0.29, 0.717) is 5.56 Å². The van der Waals surface area contributed by atoms with Crippen molar-refractivity contribution >= 4 is 16.1 Å². The van der Waals surface area contributed by atoms with Crippen molar-refractivity contribution < 1.29 is 48.8 Å². The third kappa shape index (κ3) is 3.98. The minimum atomic E-state index is -6.35. The number of aryl methyl sites for hydroxylation is 1. The number of carboxylic acid groups (broad SMARTS) is 1. The third-order valence-corrected chi connectivity index (χ3v) is 4.23. The molecule has 1 aromatic carbocycles. The van der Waals surface area contributed by atoms with Crippen LogP contribution in [-0.2, 0) is 19.1 Å². The smallest absolute Gasteiger partial charge is 0.428 e. The van der Waals surface area contributed by atoms with Crippen LogP contribution in [0.1, 0.15) is 12.0 Å². The SMILES string of the molecule is Cc1ccc(S(=O)(=O)OC(CC(=O)O)(C(F)(F)F)C(F)(F)F)cc1. The lowest BCUT2D eigenvalue weighted by molar-refractivity contribution is -0.356. The number of hydrogen-bond donors (Lipinski definition) is 1. The van der Waals surface area contributed by atoms with Crippen LogP contribution in [0.2, 0.25) is 0 Å². The molecule has 5 nitrogen and oxygen atoms in total. The zero-order valence-corrected chi connectivity index (χ0v) is 12.6. The second-order valence-corrected chi connectivity index (χ2v) is 6.29. The van der Waals surface area contributed by atoms with Crippen molar-refractivity contribution in [3.05, 3.63) is 29.8 Å². The highest BCUT2D eigenvalue weighted by Crippen LogP contribution is 2.49. The Balaban J connectivity index is 3.51. The van der Waals surface area contributed by atoms with Crippen LogP contribution in [0.3, 0.4) is 0 Å². The fourth-order valence-corrected chi connectivity index (χ4v) is 2.83. The van der Waals surface area contributed by atoms with Gasteiger partial charge in [-0.3, -0.25) is 4.79 Å². The number of halogens is 6. The van der Waals surface area contributed by atoms with E-state index in [-0.39, 0.29) is 0 Å². The van der Waals surface area contributed by atoms with Gasteiger partial charge in [-0.15, -0.1) is 0 Å². The van der Waals surface area contributed by atoms with Gasteiger partial charge in [0.25, 0.3) is 15.7 Å². The summed E-state index contributed by atoms with van der Waals surface area (Å²) < 4.78 is 105. The molecule has 0 aliphatic rings. The van der Waals surface area contributed by atoms with Crippen LogP contribution in [0.25, 0.3) is 0 Å². The predicted octanol–water partition coefficient (Wildman–Crippen LogP) is 3.04. The van der Waals surface area contributed by atoms with Gasteiger partial charge in [0.15, 0.2) is 0 Å². The topological polar surface area (TPSA) is 80.7 Å². The van der Waals surface area contributed by atoms with Crippen molar-refractivity contribution in [2.45, 2.75) is 36.2 Å². The van der Waals surface area contributed by atoms with Gasteiger partial charge in [-0.1, -0.05) is 17.7 Å². The molecule has 0 saturated carbocycles.